The number of nitrogens with zero attached hydrogens (tertiary/aromatic N) is 4. The molecule has 1 saturated heterocycles. The van der Waals surface area contributed by atoms with Gasteiger partial charge in [-0.3, -0.25) is 15.4 Å². The molecule has 6 nitrogen and oxygen atoms in total. The van der Waals surface area contributed by atoms with Crippen molar-refractivity contribution in [2.24, 2.45) is 11.8 Å². The minimum atomic E-state index is -0.0429. The van der Waals surface area contributed by atoms with Crippen LogP contribution in [0, 0.1) is 5.92 Å². The number of fused-ring (bicyclic) bond motifs is 3. The first kappa shape index (κ1) is 12.9. The second kappa shape index (κ2) is 5.22. The van der Waals surface area contributed by atoms with E-state index in [1.54, 1.807) is 0 Å². The molecular weight excluding hydrogens is 266 g/mol. The summed E-state index contributed by atoms with van der Waals surface area (Å²) < 4.78 is 8.29. The van der Waals surface area contributed by atoms with Gasteiger partial charge in [0.25, 0.3) is 0 Å². The topological polar surface area (TPSA) is 69.2 Å². The molecule has 2 N–H and O–H groups in total. The van der Waals surface area contributed by atoms with Crippen molar-refractivity contribution in [3.63, 3.8) is 0 Å². The summed E-state index contributed by atoms with van der Waals surface area (Å²) in [6.45, 7) is 2.63. The standard InChI is InChI=1S/C15H19N5O/c16-19-5-1-2-11(8-19)9-21-15-12-3-4-17-6-13(12)20-10-18-7-14(15)20/h3-4,6-7,10-11,15H,1-2,5,8-9,16H2. The third-order valence-electron chi connectivity index (χ3n) is 4.36. The molecule has 0 radical (unpaired) electrons. The Balaban J connectivity index is 1.53. The number of hydrogen-bond acceptors (Lipinski definition) is 5. The second-order valence-electron chi connectivity index (χ2n) is 5.84. The normalized spacial score (nSPS) is 24.8. The molecule has 4 rings (SSSR count). The fourth-order valence-corrected chi connectivity index (χ4v) is 3.32. The first-order valence-corrected chi connectivity index (χ1v) is 7.40. The highest BCUT2D eigenvalue weighted by Gasteiger charge is 2.31. The summed E-state index contributed by atoms with van der Waals surface area (Å²) >= 11 is 0. The van der Waals surface area contributed by atoms with Gasteiger partial charge in [0.1, 0.15) is 6.10 Å². The molecule has 0 aliphatic carbocycles. The zero-order chi connectivity index (χ0) is 14.2. The smallest absolute Gasteiger partial charge is 0.127 e. The van der Waals surface area contributed by atoms with E-state index in [0.717, 1.165) is 37.5 Å². The van der Waals surface area contributed by atoms with Crippen molar-refractivity contribution in [2.45, 2.75) is 18.9 Å². The summed E-state index contributed by atoms with van der Waals surface area (Å²) in [4.78, 5) is 8.43. The minimum absolute atomic E-state index is 0.0429. The van der Waals surface area contributed by atoms with Crippen molar-refractivity contribution < 1.29 is 4.74 Å². The lowest BCUT2D eigenvalue weighted by molar-refractivity contribution is 0.0269. The van der Waals surface area contributed by atoms with Crippen LogP contribution >= 0.6 is 0 Å². The van der Waals surface area contributed by atoms with Gasteiger partial charge < -0.3 is 4.74 Å². The molecule has 1 fully saturated rings. The van der Waals surface area contributed by atoms with Crippen LogP contribution in [-0.4, -0.2) is 39.2 Å². The number of ether oxygens (including phenoxy) is 1. The van der Waals surface area contributed by atoms with Crippen molar-refractivity contribution in [1.29, 1.82) is 0 Å². The SMILES string of the molecule is NN1CCCC(COC2c3ccncc3-n3cncc32)C1. The Morgan fingerprint density at radius 2 is 2.29 bits per heavy atom. The number of hydrogen-bond donors (Lipinski definition) is 1. The van der Waals surface area contributed by atoms with E-state index in [4.69, 9.17) is 10.6 Å². The van der Waals surface area contributed by atoms with E-state index in [0.29, 0.717) is 5.92 Å². The first-order valence-electron chi connectivity index (χ1n) is 7.40. The molecule has 21 heavy (non-hydrogen) atoms. The van der Waals surface area contributed by atoms with Gasteiger partial charge in [-0.15, -0.1) is 0 Å². The van der Waals surface area contributed by atoms with E-state index in [-0.39, 0.29) is 6.10 Å². The van der Waals surface area contributed by atoms with Gasteiger partial charge in [-0.05, 0) is 24.8 Å². The van der Waals surface area contributed by atoms with E-state index < -0.39 is 0 Å². The minimum Gasteiger partial charge on any atom is -0.367 e. The molecule has 0 spiro atoms. The Morgan fingerprint density at radius 3 is 3.19 bits per heavy atom. The quantitative estimate of drug-likeness (QED) is 0.860. The summed E-state index contributed by atoms with van der Waals surface area (Å²) in [6, 6.07) is 2.03. The number of pyridine rings is 1. The van der Waals surface area contributed by atoms with Crippen molar-refractivity contribution in [1.82, 2.24) is 19.5 Å². The van der Waals surface area contributed by atoms with Gasteiger partial charge >= 0.3 is 0 Å². The highest BCUT2D eigenvalue weighted by molar-refractivity contribution is 5.50. The summed E-state index contributed by atoms with van der Waals surface area (Å²) in [7, 11) is 0. The lowest BCUT2D eigenvalue weighted by atomic mass is 10.00. The van der Waals surface area contributed by atoms with Gasteiger partial charge in [0.2, 0.25) is 0 Å². The molecule has 0 amide bonds. The third-order valence-corrected chi connectivity index (χ3v) is 4.36. The summed E-state index contributed by atoms with van der Waals surface area (Å²) in [5.41, 5.74) is 3.32. The van der Waals surface area contributed by atoms with Crippen molar-refractivity contribution >= 4 is 0 Å². The molecule has 2 unspecified atom stereocenters. The third kappa shape index (κ3) is 2.25. The van der Waals surface area contributed by atoms with Crippen LogP contribution in [0.2, 0.25) is 0 Å². The number of piperidine rings is 1. The number of hydrazine groups is 1. The molecule has 0 saturated carbocycles. The highest BCUT2D eigenvalue weighted by atomic mass is 16.5. The van der Waals surface area contributed by atoms with Gasteiger partial charge in [0.15, 0.2) is 0 Å². The molecule has 2 aromatic heterocycles. The van der Waals surface area contributed by atoms with E-state index in [1.807, 2.05) is 36.0 Å². The molecule has 110 valence electrons. The highest BCUT2D eigenvalue weighted by Crippen LogP contribution is 2.38. The fraction of sp³-hybridized carbons (Fsp3) is 0.467. The predicted molar refractivity (Wildman–Crippen MR) is 77.6 cm³/mol. The van der Waals surface area contributed by atoms with Crippen LogP contribution in [0.25, 0.3) is 5.69 Å². The van der Waals surface area contributed by atoms with E-state index in [1.165, 1.54) is 12.0 Å². The van der Waals surface area contributed by atoms with Crippen molar-refractivity contribution in [3.8, 4) is 5.69 Å². The van der Waals surface area contributed by atoms with Gasteiger partial charge in [0.05, 0.1) is 36.7 Å². The lowest BCUT2D eigenvalue weighted by Gasteiger charge is -2.29. The van der Waals surface area contributed by atoms with Crippen LogP contribution < -0.4 is 5.84 Å². The van der Waals surface area contributed by atoms with Crippen LogP contribution in [0.3, 0.4) is 0 Å². The Labute approximate surface area is 123 Å². The van der Waals surface area contributed by atoms with Crippen LogP contribution in [-0.2, 0) is 4.74 Å². The maximum atomic E-state index is 6.23. The summed E-state index contributed by atoms with van der Waals surface area (Å²) in [5, 5.41) is 1.90. The monoisotopic (exact) mass is 285 g/mol. The van der Waals surface area contributed by atoms with Gasteiger partial charge in [-0.1, -0.05) is 0 Å². The molecule has 2 aliphatic heterocycles. The molecule has 6 heteroatoms. The largest absolute Gasteiger partial charge is 0.367 e. The van der Waals surface area contributed by atoms with E-state index >= 15 is 0 Å². The Kier molecular flexibility index (Phi) is 3.21. The van der Waals surface area contributed by atoms with Crippen LogP contribution in [0.5, 0.6) is 0 Å². The Morgan fingerprint density at radius 1 is 1.33 bits per heavy atom. The number of imidazole rings is 1. The van der Waals surface area contributed by atoms with Crippen LogP contribution in [0.15, 0.2) is 31.0 Å². The second-order valence-corrected chi connectivity index (χ2v) is 5.84. The average molecular weight is 285 g/mol. The zero-order valence-electron chi connectivity index (χ0n) is 11.9. The predicted octanol–water partition coefficient (Wildman–Crippen LogP) is 1.27. The van der Waals surface area contributed by atoms with Crippen LogP contribution in [0.4, 0.5) is 0 Å². The molecule has 4 heterocycles. The average Bonchev–Trinajstić information content (AvgIpc) is 3.06. The summed E-state index contributed by atoms with van der Waals surface area (Å²) in [5.74, 6) is 6.41. The molecule has 0 aromatic carbocycles. The number of nitrogens with two attached hydrogens (primary N) is 1. The van der Waals surface area contributed by atoms with Gasteiger partial charge in [0, 0.05) is 24.8 Å². The molecule has 2 aliphatic rings. The number of aromatic nitrogens is 3. The Bertz CT molecular complexity index is 640. The lowest BCUT2D eigenvalue weighted by Crippen LogP contribution is -2.41. The Hall–Kier alpha value is -1.76. The summed E-state index contributed by atoms with van der Waals surface area (Å²) in [6.07, 6.45) is 9.67. The molecule has 0 bridgehead atoms. The molecule has 2 atom stereocenters. The van der Waals surface area contributed by atoms with Crippen LogP contribution in [0.1, 0.15) is 30.2 Å². The maximum Gasteiger partial charge on any atom is 0.127 e. The fourth-order valence-electron chi connectivity index (χ4n) is 3.32. The van der Waals surface area contributed by atoms with Gasteiger partial charge in [-0.25, -0.2) is 9.99 Å². The first-order chi connectivity index (χ1) is 10.3. The van der Waals surface area contributed by atoms with Crippen molar-refractivity contribution in [2.75, 3.05) is 19.7 Å². The molecular formula is C15H19N5O. The zero-order valence-corrected chi connectivity index (χ0v) is 11.9. The maximum absolute atomic E-state index is 6.23. The number of rotatable bonds is 3. The van der Waals surface area contributed by atoms with E-state index in [2.05, 4.69) is 14.5 Å². The molecule has 2 aromatic rings. The van der Waals surface area contributed by atoms with E-state index in [9.17, 15) is 0 Å². The van der Waals surface area contributed by atoms with Gasteiger partial charge in [-0.2, -0.15) is 0 Å². The van der Waals surface area contributed by atoms with Crippen molar-refractivity contribution in [3.05, 3.63) is 42.2 Å².